The number of amides is 2. The van der Waals surface area contributed by atoms with Gasteiger partial charge in [0.15, 0.2) is 11.5 Å². The first kappa shape index (κ1) is 21.8. The molecule has 33 heavy (non-hydrogen) atoms. The van der Waals surface area contributed by atoms with Crippen molar-refractivity contribution >= 4 is 11.8 Å². The van der Waals surface area contributed by atoms with Crippen molar-refractivity contribution in [2.24, 2.45) is 0 Å². The maximum atomic E-state index is 12.8. The van der Waals surface area contributed by atoms with Crippen molar-refractivity contribution in [3.63, 3.8) is 0 Å². The van der Waals surface area contributed by atoms with Gasteiger partial charge in [0, 0.05) is 30.2 Å². The average molecular weight is 450 g/mol. The number of fused-ring (bicyclic) bond motifs is 3. The molecule has 0 radical (unpaired) electrons. The van der Waals surface area contributed by atoms with E-state index in [0.29, 0.717) is 25.2 Å². The van der Waals surface area contributed by atoms with Crippen molar-refractivity contribution in [2.45, 2.75) is 63.7 Å². The monoisotopic (exact) mass is 449 g/mol. The van der Waals surface area contributed by atoms with Crippen LogP contribution in [0.15, 0.2) is 42.5 Å². The van der Waals surface area contributed by atoms with E-state index in [9.17, 15) is 9.59 Å². The highest BCUT2D eigenvalue weighted by Crippen LogP contribution is 2.34. The Labute approximate surface area is 194 Å². The molecule has 2 saturated heterocycles. The zero-order valence-corrected chi connectivity index (χ0v) is 19.0. The molecule has 2 aromatic carbocycles. The summed E-state index contributed by atoms with van der Waals surface area (Å²) in [7, 11) is 0. The second-order valence-electron chi connectivity index (χ2n) is 9.33. The number of nitrogens with zero attached hydrogens (tertiary/aromatic N) is 1. The molecule has 3 atom stereocenters. The highest BCUT2D eigenvalue weighted by molar-refractivity contribution is 5.95. The van der Waals surface area contributed by atoms with Crippen LogP contribution in [0.1, 0.15) is 53.6 Å². The molecule has 2 aromatic rings. The molecule has 1 unspecified atom stereocenters. The fourth-order valence-electron chi connectivity index (χ4n) is 5.42. The minimum absolute atomic E-state index is 0.00564. The molecule has 7 heteroatoms. The molecule has 2 amide bonds. The van der Waals surface area contributed by atoms with E-state index < -0.39 is 0 Å². The molecule has 0 saturated carbocycles. The van der Waals surface area contributed by atoms with E-state index in [1.165, 1.54) is 6.42 Å². The Morgan fingerprint density at radius 2 is 1.79 bits per heavy atom. The second-order valence-corrected chi connectivity index (χ2v) is 9.33. The summed E-state index contributed by atoms with van der Waals surface area (Å²) in [4.78, 5) is 27.9. The lowest BCUT2D eigenvalue weighted by atomic mass is 9.81. The van der Waals surface area contributed by atoms with Crippen LogP contribution in [0.3, 0.4) is 0 Å². The molecule has 3 aliphatic rings. The van der Waals surface area contributed by atoms with Gasteiger partial charge in [-0.25, -0.2) is 0 Å². The Morgan fingerprint density at radius 1 is 1.03 bits per heavy atom. The van der Waals surface area contributed by atoms with E-state index in [4.69, 9.17) is 9.47 Å². The molecule has 0 aromatic heterocycles. The lowest BCUT2D eigenvalue weighted by molar-refractivity contribution is -0.125. The molecule has 3 heterocycles. The Hall–Kier alpha value is -3.06. The van der Waals surface area contributed by atoms with Crippen molar-refractivity contribution in [2.75, 3.05) is 13.3 Å². The number of hydrogen-bond acceptors (Lipinski definition) is 5. The van der Waals surface area contributed by atoms with Gasteiger partial charge in [-0.2, -0.15) is 0 Å². The Balaban J connectivity index is 1.15. The van der Waals surface area contributed by atoms with Gasteiger partial charge in [-0.05, 0) is 61.9 Å². The molecule has 174 valence electrons. The molecule has 2 N–H and O–H groups in total. The first-order valence-electron chi connectivity index (χ1n) is 11.8. The third-order valence-electron chi connectivity index (χ3n) is 7.10. The van der Waals surface area contributed by atoms with Gasteiger partial charge in [-0.3, -0.25) is 14.5 Å². The van der Waals surface area contributed by atoms with E-state index in [-0.39, 0.29) is 24.6 Å². The minimum atomic E-state index is 0.00564. The van der Waals surface area contributed by atoms with Crippen molar-refractivity contribution in [1.29, 1.82) is 0 Å². The zero-order valence-electron chi connectivity index (χ0n) is 19.0. The maximum Gasteiger partial charge on any atom is 0.251 e. The lowest BCUT2D eigenvalue weighted by Crippen LogP contribution is -2.58. The van der Waals surface area contributed by atoms with E-state index in [1.807, 2.05) is 49.4 Å². The summed E-state index contributed by atoms with van der Waals surface area (Å²) in [6.45, 7) is 3.08. The van der Waals surface area contributed by atoms with Gasteiger partial charge in [0.2, 0.25) is 12.7 Å². The van der Waals surface area contributed by atoms with E-state index in [1.54, 1.807) is 0 Å². The normalized spacial score (nSPS) is 23.7. The fourth-order valence-corrected chi connectivity index (χ4v) is 5.42. The van der Waals surface area contributed by atoms with E-state index in [2.05, 4.69) is 15.5 Å². The number of nitrogens with one attached hydrogen (secondary N) is 2. The molecule has 2 fully saturated rings. The standard InChI is InChI=1S/C26H31N3O4/c1-17-5-2-3-8-22(17)26(31)28-19-12-20-6-4-7-21(13-19)29(20)15-25(30)27-14-18-9-10-23-24(11-18)33-16-32-23/h2-3,5,8-11,19-21H,4,6-7,12-16H2,1H3,(H,27,30)(H,28,31)/t19?,20-,21+. The highest BCUT2D eigenvalue weighted by Gasteiger charge is 2.39. The van der Waals surface area contributed by atoms with Crippen LogP contribution in [-0.2, 0) is 11.3 Å². The number of hydrogen-bond donors (Lipinski definition) is 2. The van der Waals surface area contributed by atoms with Gasteiger partial charge in [-0.15, -0.1) is 0 Å². The van der Waals surface area contributed by atoms with Gasteiger partial charge < -0.3 is 20.1 Å². The molecule has 5 rings (SSSR count). The number of piperidine rings is 2. The van der Waals surface area contributed by atoms with Crippen molar-refractivity contribution < 1.29 is 19.1 Å². The Kier molecular flexibility index (Phi) is 6.22. The lowest BCUT2D eigenvalue weighted by Gasteiger charge is -2.48. The molecular formula is C26H31N3O4. The smallest absolute Gasteiger partial charge is 0.251 e. The first-order valence-corrected chi connectivity index (χ1v) is 11.8. The summed E-state index contributed by atoms with van der Waals surface area (Å²) >= 11 is 0. The van der Waals surface area contributed by atoms with Crippen molar-refractivity contribution in [3.05, 3.63) is 59.2 Å². The summed E-state index contributed by atoms with van der Waals surface area (Å²) in [5.41, 5.74) is 2.73. The maximum absolute atomic E-state index is 12.8. The van der Waals surface area contributed by atoms with Crippen LogP contribution in [0.2, 0.25) is 0 Å². The van der Waals surface area contributed by atoms with Gasteiger partial charge >= 0.3 is 0 Å². The fraction of sp³-hybridized carbons (Fsp3) is 0.462. The predicted molar refractivity (Wildman–Crippen MR) is 124 cm³/mol. The third-order valence-corrected chi connectivity index (χ3v) is 7.10. The molecule has 2 bridgehead atoms. The second kappa shape index (κ2) is 9.43. The van der Waals surface area contributed by atoms with Crippen LogP contribution in [-0.4, -0.2) is 48.2 Å². The van der Waals surface area contributed by atoms with Crippen LogP contribution < -0.4 is 20.1 Å². The quantitative estimate of drug-likeness (QED) is 0.708. The highest BCUT2D eigenvalue weighted by atomic mass is 16.7. The largest absolute Gasteiger partial charge is 0.454 e. The third kappa shape index (κ3) is 4.83. The van der Waals surface area contributed by atoms with Crippen LogP contribution in [0.4, 0.5) is 0 Å². The predicted octanol–water partition coefficient (Wildman–Crippen LogP) is 3.16. The summed E-state index contributed by atoms with van der Waals surface area (Å²) in [6.07, 6.45) is 5.11. The number of aryl methyl sites for hydroxylation is 1. The number of carbonyl (C=O) groups excluding carboxylic acids is 2. The minimum Gasteiger partial charge on any atom is -0.454 e. The van der Waals surface area contributed by atoms with Gasteiger partial charge in [0.1, 0.15) is 0 Å². The summed E-state index contributed by atoms with van der Waals surface area (Å²) in [6, 6.07) is 14.3. The van der Waals surface area contributed by atoms with Gasteiger partial charge in [0.05, 0.1) is 6.54 Å². The molecule has 3 aliphatic heterocycles. The Bertz CT molecular complexity index is 1030. The molecule has 0 spiro atoms. The molecule has 0 aliphatic carbocycles. The summed E-state index contributed by atoms with van der Waals surface area (Å²) in [5, 5.41) is 6.31. The van der Waals surface area contributed by atoms with Gasteiger partial charge in [0.25, 0.3) is 5.91 Å². The van der Waals surface area contributed by atoms with Crippen molar-refractivity contribution in [3.8, 4) is 11.5 Å². The summed E-state index contributed by atoms with van der Waals surface area (Å²) in [5.74, 6) is 1.51. The number of benzene rings is 2. The average Bonchev–Trinajstić information content (AvgIpc) is 3.26. The van der Waals surface area contributed by atoms with E-state index >= 15 is 0 Å². The van der Waals surface area contributed by atoms with Gasteiger partial charge in [-0.1, -0.05) is 30.7 Å². The molecular weight excluding hydrogens is 418 g/mol. The number of rotatable bonds is 6. The van der Waals surface area contributed by atoms with Crippen LogP contribution >= 0.6 is 0 Å². The summed E-state index contributed by atoms with van der Waals surface area (Å²) < 4.78 is 10.8. The molecule has 7 nitrogen and oxygen atoms in total. The van der Waals surface area contributed by atoms with E-state index in [0.717, 1.165) is 53.9 Å². The number of carbonyl (C=O) groups is 2. The zero-order chi connectivity index (χ0) is 22.8. The number of ether oxygens (including phenoxy) is 2. The first-order chi connectivity index (χ1) is 16.1. The Morgan fingerprint density at radius 3 is 2.58 bits per heavy atom. The SMILES string of the molecule is Cc1ccccc1C(=O)NC1C[C@H]2CCC[C@@H](C1)N2CC(=O)NCc1ccc2c(c1)OCO2. The van der Waals surface area contributed by atoms with Crippen LogP contribution in [0.25, 0.3) is 0 Å². The van der Waals surface area contributed by atoms with Crippen LogP contribution in [0, 0.1) is 6.92 Å². The topological polar surface area (TPSA) is 79.9 Å². The van der Waals surface area contributed by atoms with Crippen molar-refractivity contribution in [1.82, 2.24) is 15.5 Å². The van der Waals surface area contributed by atoms with Crippen LogP contribution in [0.5, 0.6) is 11.5 Å².